The third kappa shape index (κ3) is 5.28. The van der Waals surface area contributed by atoms with Crippen LogP contribution in [0.15, 0.2) is 78.0 Å². The Kier molecular flexibility index (Phi) is 7.19. The molecule has 0 spiro atoms. The maximum atomic E-state index is 13.2. The molecule has 0 atom stereocenters. The van der Waals surface area contributed by atoms with Gasteiger partial charge in [0, 0.05) is 54.4 Å². The molecule has 4 N–H and O–H groups in total. The van der Waals surface area contributed by atoms with Crippen LogP contribution in [0.2, 0.25) is 5.02 Å². The van der Waals surface area contributed by atoms with E-state index in [0.29, 0.717) is 13.1 Å². The summed E-state index contributed by atoms with van der Waals surface area (Å²) in [5, 5.41) is 14.6. The molecule has 1 fully saturated rings. The van der Waals surface area contributed by atoms with E-state index in [4.69, 9.17) is 17.3 Å². The smallest absolute Gasteiger partial charge is 0.271 e. The first-order valence-corrected chi connectivity index (χ1v) is 12.6. The number of nitrogens with zero attached hydrogens (tertiary/aromatic N) is 4. The number of amides is 2. The van der Waals surface area contributed by atoms with Gasteiger partial charge in [0.05, 0.1) is 22.6 Å². The second kappa shape index (κ2) is 10.9. The van der Waals surface area contributed by atoms with Gasteiger partial charge in [0.2, 0.25) is 5.91 Å². The second-order valence-corrected chi connectivity index (χ2v) is 9.43. The van der Waals surface area contributed by atoms with E-state index >= 15 is 0 Å². The molecule has 0 aliphatic carbocycles. The zero-order chi connectivity index (χ0) is 26.6. The van der Waals surface area contributed by atoms with Gasteiger partial charge in [-0.05, 0) is 36.4 Å². The van der Waals surface area contributed by atoms with E-state index in [2.05, 4.69) is 15.4 Å². The summed E-state index contributed by atoms with van der Waals surface area (Å²) in [6, 6.07) is 19.7. The van der Waals surface area contributed by atoms with Crippen molar-refractivity contribution in [3.05, 3.63) is 89.1 Å². The van der Waals surface area contributed by atoms with Crippen molar-refractivity contribution in [2.24, 2.45) is 5.10 Å². The van der Waals surface area contributed by atoms with Gasteiger partial charge in [-0.3, -0.25) is 9.59 Å². The molecule has 1 aliphatic rings. The average molecular weight is 531 g/mol. The number of benzene rings is 3. The number of hydrogen-bond donors (Lipinski definition) is 3. The van der Waals surface area contributed by atoms with Gasteiger partial charge >= 0.3 is 0 Å². The first-order chi connectivity index (χ1) is 18.4. The van der Waals surface area contributed by atoms with Crippen LogP contribution in [-0.2, 0) is 11.3 Å². The van der Waals surface area contributed by atoms with Crippen LogP contribution in [0.3, 0.4) is 0 Å². The van der Waals surface area contributed by atoms with Crippen molar-refractivity contribution in [2.45, 2.75) is 6.54 Å². The number of para-hydroxylation sites is 3. The molecule has 0 saturated carbocycles. The molecule has 5 rings (SSSR count). The van der Waals surface area contributed by atoms with Gasteiger partial charge in [-0.1, -0.05) is 41.9 Å². The number of aromatic hydroxyl groups is 1. The van der Waals surface area contributed by atoms with Crippen molar-refractivity contribution < 1.29 is 14.7 Å². The number of halogens is 1. The van der Waals surface area contributed by atoms with Crippen molar-refractivity contribution in [2.75, 3.05) is 36.8 Å². The number of nitrogens with one attached hydrogen (secondary N) is 1. The van der Waals surface area contributed by atoms with E-state index in [1.807, 2.05) is 64.2 Å². The summed E-state index contributed by atoms with van der Waals surface area (Å²) in [7, 11) is 0. The van der Waals surface area contributed by atoms with Crippen LogP contribution in [-0.4, -0.2) is 58.8 Å². The molecule has 9 nitrogen and oxygen atoms in total. The summed E-state index contributed by atoms with van der Waals surface area (Å²) in [6.07, 6.45) is 3.41. The van der Waals surface area contributed by atoms with Gasteiger partial charge in [-0.2, -0.15) is 5.10 Å². The van der Waals surface area contributed by atoms with Crippen LogP contribution in [0.5, 0.6) is 5.75 Å². The number of anilines is 2. The normalized spacial score (nSPS) is 13.8. The topological polar surface area (TPSA) is 116 Å². The molecule has 4 aromatic rings. The molecular weight excluding hydrogens is 504 g/mol. The highest BCUT2D eigenvalue weighted by molar-refractivity contribution is 6.32. The predicted octanol–water partition coefficient (Wildman–Crippen LogP) is 3.70. The number of nitrogen functional groups attached to an aromatic ring is 1. The maximum absolute atomic E-state index is 13.2. The van der Waals surface area contributed by atoms with Crippen molar-refractivity contribution in [3.8, 4) is 5.75 Å². The van der Waals surface area contributed by atoms with Gasteiger partial charge in [0.15, 0.2) is 0 Å². The molecule has 3 aromatic carbocycles. The molecule has 0 bridgehead atoms. The summed E-state index contributed by atoms with van der Waals surface area (Å²) in [4.78, 5) is 29.7. The van der Waals surface area contributed by atoms with E-state index in [9.17, 15) is 14.7 Å². The summed E-state index contributed by atoms with van der Waals surface area (Å²) in [6.45, 7) is 2.87. The van der Waals surface area contributed by atoms with E-state index in [0.717, 1.165) is 40.9 Å². The zero-order valence-corrected chi connectivity index (χ0v) is 21.3. The number of carbonyl (C=O) groups is 2. The molecule has 1 saturated heterocycles. The van der Waals surface area contributed by atoms with Gasteiger partial charge in [0.1, 0.15) is 12.3 Å². The van der Waals surface area contributed by atoms with Crippen molar-refractivity contribution in [1.82, 2.24) is 14.9 Å². The molecule has 0 radical (unpaired) electrons. The van der Waals surface area contributed by atoms with Crippen LogP contribution in [0.25, 0.3) is 10.9 Å². The Morgan fingerprint density at radius 2 is 1.76 bits per heavy atom. The van der Waals surface area contributed by atoms with Gasteiger partial charge in [0.25, 0.3) is 5.91 Å². The summed E-state index contributed by atoms with van der Waals surface area (Å²) >= 11 is 5.89. The van der Waals surface area contributed by atoms with E-state index < -0.39 is 5.91 Å². The lowest BCUT2D eigenvalue weighted by atomic mass is 10.2. The van der Waals surface area contributed by atoms with Crippen molar-refractivity contribution in [1.29, 1.82) is 0 Å². The summed E-state index contributed by atoms with van der Waals surface area (Å²) in [5.41, 5.74) is 12.3. The molecule has 1 aromatic heterocycles. The highest BCUT2D eigenvalue weighted by Gasteiger charge is 2.23. The van der Waals surface area contributed by atoms with Crippen LogP contribution in [0.1, 0.15) is 15.9 Å². The van der Waals surface area contributed by atoms with Gasteiger partial charge < -0.3 is 25.2 Å². The fraction of sp³-hybridized carbons (Fsp3) is 0.179. The minimum atomic E-state index is -0.460. The Hall–Kier alpha value is -4.50. The molecule has 38 heavy (non-hydrogen) atoms. The Bertz CT molecular complexity index is 1520. The largest absolute Gasteiger partial charge is 0.506 e. The van der Waals surface area contributed by atoms with Gasteiger partial charge in [-0.25, -0.2) is 5.43 Å². The molecular formula is C28H27ClN6O3. The van der Waals surface area contributed by atoms with Crippen LogP contribution < -0.4 is 16.1 Å². The first-order valence-electron chi connectivity index (χ1n) is 12.2. The summed E-state index contributed by atoms with van der Waals surface area (Å²) in [5.74, 6) is -0.525. The lowest BCUT2D eigenvalue weighted by Gasteiger charge is -2.36. The third-order valence-corrected chi connectivity index (χ3v) is 6.92. The Morgan fingerprint density at radius 1 is 1.03 bits per heavy atom. The van der Waals surface area contributed by atoms with Crippen LogP contribution >= 0.6 is 11.6 Å². The van der Waals surface area contributed by atoms with E-state index in [1.54, 1.807) is 6.21 Å². The standard InChI is InChI=1S/C28H27ClN6O3/c29-22-15-19(9-10-26(22)36)28(38)32-31-16-20-17-35(24-7-3-1-5-21(20)24)18-27(37)34-13-11-33(12-14-34)25-8-4-2-6-23(25)30/h1-10,15-17,36H,11-14,18,30H2,(H,32,38)/b31-16+. The number of phenolic OH excluding ortho intramolecular Hbond substituents is 1. The lowest BCUT2D eigenvalue weighted by molar-refractivity contribution is -0.132. The fourth-order valence-corrected chi connectivity index (χ4v) is 4.78. The molecule has 10 heteroatoms. The molecule has 194 valence electrons. The molecule has 2 amide bonds. The third-order valence-electron chi connectivity index (χ3n) is 6.61. The Balaban J connectivity index is 1.25. The van der Waals surface area contributed by atoms with E-state index in [-0.39, 0.29) is 28.8 Å². The minimum absolute atomic E-state index is 0.0347. The SMILES string of the molecule is Nc1ccccc1N1CCN(C(=O)Cn2cc(/C=N/NC(=O)c3ccc(O)c(Cl)c3)c3ccccc32)CC1. The minimum Gasteiger partial charge on any atom is -0.506 e. The predicted molar refractivity (Wildman–Crippen MR) is 150 cm³/mol. The average Bonchev–Trinajstić information content (AvgIpc) is 3.27. The second-order valence-electron chi connectivity index (χ2n) is 9.02. The first kappa shape index (κ1) is 25.2. The quantitative estimate of drug-likeness (QED) is 0.200. The number of piperazine rings is 1. The van der Waals surface area contributed by atoms with E-state index in [1.165, 1.54) is 18.2 Å². The van der Waals surface area contributed by atoms with Crippen molar-refractivity contribution in [3.63, 3.8) is 0 Å². The van der Waals surface area contributed by atoms with Crippen molar-refractivity contribution >= 4 is 51.9 Å². The molecule has 2 heterocycles. The number of rotatable bonds is 6. The van der Waals surface area contributed by atoms with Crippen LogP contribution in [0, 0.1) is 0 Å². The number of phenols is 1. The molecule has 0 unspecified atom stereocenters. The van der Waals surface area contributed by atoms with Gasteiger partial charge in [-0.15, -0.1) is 0 Å². The van der Waals surface area contributed by atoms with Crippen LogP contribution in [0.4, 0.5) is 11.4 Å². The monoisotopic (exact) mass is 530 g/mol. The number of nitrogens with two attached hydrogens (primary N) is 1. The maximum Gasteiger partial charge on any atom is 0.271 e. The Labute approximate surface area is 224 Å². The number of fused-ring (bicyclic) bond motifs is 1. The fourth-order valence-electron chi connectivity index (χ4n) is 4.60. The number of aromatic nitrogens is 1. The highest BCUT2D eigenvalue weighted by atomic mass is 35.5. The number of hydrogen-bond acceptors (Lipinski definition) is 6. The lowest BCUT2D eigenvalue weighted by Crippen LogP contribution is -2.49. The number of hydrazone groups is 1. The highest BCUT2D eigenvalue weighted by Crippen LogP contribution is 2.25. The zero-order valence-electron chi connectivity index (χ0n) is 20.5. The number of carbonyl (C=O) groups excluding carboxylic acids is 2. The summed E-state index contributed by atoms with van der Waals surface area (Å²) < 4.78 is 1.90. The Morgan fingerprint density at radius 3 is 2.53 bits per heavy atom. The molecule has 1 aliphatic heterocycles.